The second-order valence-corrected chi connectivity index (χ2v) is 13.9. The lowest BCUT2D eigenvalue weighted by Crippen LogP contribution is -3.00. The molecule has 0 fully saturated rings. The molecule has 0 saturated carbocycles. The van der Waals surface area contributed by atoms with E-state index in [2.05, 4.69) is 83.6 Å². The number of carbonyl (C=O) groups excluding carboxylic acids is 1. The van der Waals surface area contributed by atoms with Crippen LogP contribution in [0.3, 0.4) is 0 Å². The van der Waals surface area contributed by atoms with Crippen molar-refractivity contribution in [2.75, 3.05) is 0 Å². The molecule has 0 radical (unpaired) electrons. The van der Waals surface area contributed by atoms with Crippen molar-refractivity contribution < 1.29 is 71.7 Å². The molecule has 2 aromatic heterocycles. The summed E-state index contributed by atoms with van der Waals surface area (Å²) in [4.78, 5) is 23.2. The van der Waals surface area contributed by atoms with E-state index in [1.54, 1.807) is 0 Å². The SMILES string of the molecule is C.Cc1c2ccccc2[n+](CCC(=O)O)c2ccccc12.Cc1c2ccccc2[n+](CCC(=O)OCc2ccccc2)c2ccccc12.O=S(=O)([O-])C(F)(F)F.[Br-]. The summed E-state index contributed by atoms with van der Waals surface area (Å²) < 4.78 is 68.7. The molecule has 0 aliphatic heterocycles. The van der Waals surface area contributed by atoms with Crippen LogP contribution in [0, 0.1) is 13.8 Å². The molecule has 0 aliphatic carbocycles. The minimum atomic E-state index is -6.09. The molecule has 14 heteroatoms. The topological polar surface area (TPSA) is 129 Å². The number of carboxylic acids is 1. The number of aromatic nitrogens is 2. The molecule has 0 unspecified atom stereocenters. The smallest absolute Gasteiger partial charge is 0.485 e. The van der Waals surface area contributed by atoms with Gasteiger partial charge in [0.05, 0.1) is 0 Å². The normalized spacial score (nSPS) is 11.1. The first kappa shape index (κ1) is 45.9. The number of aliphatic carboxylic acids is 1. The third kappa shape index (κ3) is 11.3. The highest BCUT2D eigenvalue weighted by atomic mass is 79.9. The number of carboxylic acid groups (broad SMARTS) is 1. The zero-order chi connectivity index (χ0) is 39.8. The number of pyridine rings is 2. The molecule has 0 spiro atoms. The van der Waals surface area contributed by atoms with Gasteiger partial charge in [-0.05, 0) is 54.8 Å². The largest absolute Gasteiger partial charge is 1.00 e. The first-order valence-electron chi connectivity index (χ1n) is 17.2. The summed E-state index contributed by atoms with van der Waals surface area (Å²) in [5, 5.41) is 13.7. The average molecular weight is 868 g/mol. The van der Waals surface area contributed by atoms with Gasteiger partial charge in [0.25, 0.3) is 0 Å². The number of fused-ring (bicyclic) bond motifs is 4. The molecule has 0 aliphatic rings. The van der Waals surface area contributed by atoms with Crippen molar-refractivity contribution in [3.05, 3.63) is 144 Å². The van der Waals surface area contributed by atoms with E-state index in [-0.39, 0.29) is 36.8 Å². The van der Waals surface area contributed by atoms with Crippen LogP contribution >= 0.6 is 0 Å². The highest BCUT2D eigenvalue weighted by molar-refractivity contribution is 7.86. The minimum absolute atomic E-state index is 0. The Morgan fingerprint density at radius 1 is 0.632 bits per heavy atom. The van der Waals surface area contributed by atoms with Crippen LogP contribution in [0.4, 0.5) is 13.2 Å². The van der Waals surface area contributed by atoms with Crippen molar-refractivity contribution in [3.8, 4) is 0 Å². The van der Waals surface area contributed by atoms with E-state index in [4.69, 9.17) is 22.8 Å². The molecule has 9 nitrogen and oxygen atoms in total. The van der Waals surface area contributed by atoms with Crippen LogP contribution in [0.1, 0.15) is 37.0 Å². The lowest BCUT2D eigenvalue weighted by molar-refractivity contribution is -0.644. The number of hydrogen-bond acceptors (Lipinski definition) is 6. The summed E-state index contributed by atoms with van der Waals surface area (Å²) in [5.74, 6) is -0.952. The van der Waals surface area contributed by atoms with Gasteiger partial charge in [-0.25, -0.2) is 8.42 Å². The van der Waals surface area contributed by atoms with Crippen molar-refractivity contribution in [3.63, 3.8) is 0 Å². The first-order valence-corrected chi connectivity index (χ1v) is 18.6. The molecule has 0 bridgehead atoms. The van der Waals surface area contributed by atoms with Gasteiger partial charge in [-0.3, -0.25) is 9.59 Å². The average Bonchev–Trinajstić information content (AvgIpc) is 3.17. The highest BCUT2D eigenvalue weighted by Crippen LogP contribution is 2.25. The fraction of sp³-hybridized carbons (Fsp3) is 0.209. The third-order valence-electron chi connectivity index (χ3n) is 9.01. The zero-order valence-electron chi connectivity index (χ0n) is 30.4. The van der Waals surface area contributed by atoms with Crippen LogP contribution in [-0.4, -0.2) is 35.5 Å². The van der Waals surface area contributed by atoms with Gasteiger partial charge in [0.2, 0.25) is 22.1 Å². The molecular weight excluding hydrogens is 825 g/mol. The Morgan fingerprint density at radius 3 is 1.28 bits per heavy atom. The fourth-order valence-corrected chi connectivity index (χ4v) is 6.36. The maximum absolute atomic E-state index is 12.3. The van der Waals surface area contributed by atoms with E-state index in [9.17, 15) is 22.8 Å². The maximum atomic E-state index is 12.3. The molecule has 0 atom stereocenters. The number of hydrogen-bond donors (Lipinski definition) is 1. The lowest BCUT2D eigenvalue weighted by atomic mass is 10.0. The fourth-order valence-electron chi connectivity index (χ4n) is 6.36. The monoisotopic (exact) mass is 866 g/mol. The van der Waals surface area contributed by atoms with Gasteiger partial charge >= 0.3 is 17.4 Å². The van der Waals surface area contributed by atoms with Crippen molar-refractivity contribution >= 4 is 65.7 Å². The van der Waals surface area contributed by atoms with Crippen LogP contribution in [0.2, 0.25) is 0 Å². The molecule has 57 heavy (non-hydrogen) atoms. The molecule has 1 N–H and O–H groups in total. The quantitative estimate of drug-likeness (QED) is 0.0705. The number of nitrogens with zero attached hydrogens (tertiary/aromatic N) is 2. The van der Waals surface area contributed by atoms with Gasteiger partial charge < -0.3 is 31.4 Å². The van der Waals surface area contributed by atoms with Crippen molar-refractivity contribution in [2.24, 2.45) is 0 Å². The van der Waals surface area contributed by atoms with E-state index >= 15 is 0 Å². The molecule has 0 amide bonds. The lowest BCUT2D eigenvalue weighted by Gasteiger charge is -2.09. The van der Waals surface area contributed by atoms with E-state index < -0.39 is 21.6 Å². The van der Waals surface area contributed by atoms with Gasteiger partial charge in [-0.15, -0.1) is 0 Å². The number of benzene rings is 5. The maximum Gasteiger partial charge on any atom is 0.485 e. The molecule has 7 aromatic rings. The van der Waals surface area contributed by atoms with Crippen LogP contribution in [0.5, 0.6) is 0 Å². The Hall–Kier alpha value is -5.44. The number of ether oxygens (including phenoxy) is 1. The number of para-hydroxylation sites is 4. The molecule has 5 aromatic carbocycles. The number of aryl methyl sites for hydroxylation is 4. The number of esters is 1. The highest BCUT2D eigenvalue weighted by Gasteiger charge is 2.37. The Balaban J connectivity index is 0.000000256. The Kier molecular flexibility index (Phi) is 16.2. The van der Waals surface area contributed by atoms with Crippen LogP contribution in [0.15, 0.2) is 127 Å². The minimum Gasteiger partial charge on any atom is -1.00 e. The van der Waals surface area contributed by atoms with Gasteiger partial charge in [-0.1, -0.05) is 86.3 Å². The summed E-state index contributed by atoms with van der Waals surface area (Å²) in [6.07, 6.45) is 0.469. The number of halogens is 4. The van der Waals surface area contributed by atoms with Crippen LogP contribution < -0.4 is 26.1 Å². The van der Waals surface area contributed by atoms with E-state index in [0.717, 1.165) is 27.6 Å². The Labute approximate surface area is 339 Å². The summed E-state index contributed by atoms with van der Waals surface area (Å²) >= 11 is 0. The Bertz CT molecular complexity index is 2490. The molecular formula is C43H42BrF3N2O7S. The summed E-state index contributed by atoms with van der Waals surface area (Å²) in [6.45, 7) is 5.67. The predicted octanol–water partition coefficient (Wildman–Crippen LogP) is 5.48. The summed E-state index contributed by atoms with van der Waals surface area (Å²) in [6, 6.07) is 42.8. The first-order chi connectivity index (χ1) is 26.2. The van der Waals surface area contributed by atoms with E-state index in [0.29, 0.717) is 26.1 Å². The molecule has 0 saturated heterocycles. The second kappa shape index (κ2) is 20.1. The third-order valence-corrected chi connectivity index (χ3v) is 9.58. The predicted molar refractivity (Wildman–Crippen MR) is 208 cm³/mol. The van der Waals surface area contributed by atoms with Gasteiger partial charge in [0.1, 0.15) is 19.4 Å². The van der Waals surface area contributed by atoms with E-state index in [1.165, 1.54) is 32.7 Å². The standard InChI is InChI=1S/C24H22NO2.C17H15NO2.CHF3O3S.CH4.BrH/c1-18-20-11-5-7-13-22(20)25(23-14-8-6-12-21(18)23)16-15-24(26)27-17-19-9-3-2-4-10-19;1-12-13-6-2-4-8-15(13)18(11-10-17(19)20)16-9-5-3-7-14(12)16;2-1(3,4)8(5,6)7;;/h2-14H,15-17H2,1H3;2-9H,10-11H2,1H3;(H,5,6,7);1H4;1H/q+1;;;;/p-1. The van der Waals surface area contributed by atoms with Crippen LogP contribution in [-0.2, 0) is 44.1 Å². The molecule has 2 heterocycles. The van der Waals surface area contributed by atoms with Crippen molar-refractivity contribution in [1.29, 1.82) is 0 Å². The summed E-state index contributed by atoms with van der Waals surface area (Å²) in [7, 11) is -6.09. The molecule has 300 valence electrons. The summed E-state index contributed by atoms with van der Waals surface area (Å²) in [5.41, 5.74) is 2.33. The molecule has 7 rings (SSSR count). The van der Waals surface area contributed by atoms with E-state index in [1.807, 2.05) is 66.7 Å². The second-order valence-electron chi connectivity index (χ2n) is 12.6. The van der Waals surface area contributed by atoms with Crippen LogP contribution in [0.25, 0.3) is 43.6 Å². The number of rotatable bonds is 8. The number of alkyl halides is 3. The van der Waals surface area contributed by atoms with Gasteiger partial charge in [0.15, 0.2) is 23.2 Å². The van der Waals surface area contributed by atoms with Crippen molar-refractivity contribution in [2.45, 2.75) is 59.3 Å². The number of carbonyl (C=O) groups is 2. The van der Waals surface area contributed by atoms with Gasteiger partial charge in [-0.2, -0.15) is 22.3 Å². The van der Waals surface area contributed by atoms with Crippen molar-refractivity contribution in [1.82, 2.24) is 0 Å². The van der Waals surface area contributed by atoms with Gasteiger partial charge in [0, 0.05) is 45.8 Å². The Morgan fingerprint density at radius 2 is 0.947 bits per heavy atom. The zero-order valence-corrected chi connectivity index (χ0v) is 32.8.